The predicted molar refractivity (Wildman–Crippen MR) is 67.6 cm³/mol. The van der Waals surface area contributed by atoms with E-state index in [0.717, 1.165) is 16.4 Å². The molecule has 1 heterocycles. The average molecular weight is 251 g/mol. The van der Waals surface area contributed by atoms with E-state index >= 15 is 0 Å². The average Bonchev–Trinajstić information content (AvgIpc) is 2.84. The van der Waals surface area contributed by atoms with E-state index in [4.69, 9.17) is 4.42 Å². The quantitative estimate of drug-likeness (QED) is 0.824. The molecule has 0 aliphatic rings. The highest BCUT2D eigenvalue weighted by atomic mass is 32.2. The first-order chi connectivity index (χ1) is 8.29. The molecule has 17 heavy (non-hydrogen) atoms. The van der Waals surface area contributed by atoms with Crippen LogP contribution in [0.2, 0.25) is 0 Å². The lowest BCUT2D eigenvalue weighted by atomic mass is 10.2. The van der Waals surface area contributed by atoms with Gasteiger partial charge in [0, 0.05) is 10.6 Å². The molecule has 0 bridgehead atoms. The van der Waals surface area contributed by atoms with Crippen LogP contribution in [0.4, 0.5) is 4.39 Å². The van der Waals surface area contributed by atoms with Gasteiger partial charge in [0.25, 0.3) is 0 Å². The summed E-state index contributed by atoms with van der Waals surface area (Å²) in [6.45, 7) is 0. The van der Waals surface area contributed by atoms with Gasteiger partial charge in [0.05, 0.1) is 12.3 Å². The van der Waals surface area contributed by atoms with Gasteiger partial charge in [-0.15, -0.1) is 11.8 Å². The molecule has 0 saturated heterocycles. The monoisotopic (exact) mass is 251 g/mol. The van der Waals surface area contributed by atoms with Gasteiger partial charge in [0.1, 0.15) is 11.6 Å². The molecule has 0 radical (unpaired) electrons. The van der Waals surface area contributed by atoms with Gasteiger partial charge in [-0.3, -0.25) is 0 Å². The molecule has 1 N–H and O–H groups in total. The maximum absolute atomic E-state index is 13.0. The van der Waals surface area contributed by atoms with Crippen LogP contribution in [0.1, 0.15) is 11.8 Å². The first kappa shape index (κ1) is 12.2. The molecule has 0 amide bonds. The molecule has 2 nitrogen and oxygen atoms in total. The standard InChI is InChI=1S/C13H14FNOS/c1-15-12(13-6-3-7-16-13)9-17-11-5-2-4-10(14)8-11/h2-8,12,15H,9H2,1H3. The van der Waals surface area contributed by atoms with Gasteiger partial charge in [0.15, 0.2) is 0 Å². The van der Waals surface area contributed by atoms with Gasteiger partial charge in [-0.2, -0.15) is 0 Å². The highest BCUT2D eigenvalue weighted by molar-refractivity contribution is 7.99. The SMILES string of the molecule is CNC(CSc1cccc(F)c1)c1ccco1. The van der Waals surface area contributed by atoms with Crippen molar-refractivity contribution in [1.82, 2.24) is 5.32 Å². The lowest BCUT2D eigenvalue weighted by Gasteiger charge is -2.12. The maximum Gasteiger partial charge on any atom is 0.124 e. The molecule has 90 valence electrons. The molecule has 1 aromatic heterocycles. The summed E-state index contributed by atoms with van der Waals surface area (Å²) in [5, 5.41) is 3.18. The van der Waals surface area contributed by atoms with Crippen molar-refractivity contribution in [3.63, 3.8) is 0 Å². The number of benzene rings is 1. The van der Waals surface area contributed by atoms with E-state index in [1.54, 1.807) is 30.2 Å². The third-order valence-electron chi connectivity index (χ3n) is 2.45. The Hall–Kier alpha value is -1.26. The number of hydrogen-bond donors (Lipinski definition) is 1. The van der Waals surface area contributed by atoms with Crippen LogP contribution < -0.4 is 5.32 Å². The zero-order valence-corrected chi connectivity index (χ0v) is 10.3. The summed E-state index contributed by atoms with van der Waals surface area (Å²) in [5.74, 6) is 1.50. The highest BCUT2D eigenvalue weighted by Crippen LogP contribution is 2.25. The molecule has 4 heteroatoms. The maximum atomic E-state index is 13.0. The van der Waals surface area contributed by atoms with Gasteiger partial charge in [0.2, 0.25) is 0 Å². The first-order valence-corrected chi connectivity index (χ1v) is 6.37. The molecule has 2 rings (SSSR count). The normalized spacial score (nSPS) is 12.6. The van der Waals surface area contributed by atoms with Crippen LogP contribution in [0.25, 0.3) is 0 Å². The summed E-state index contributed by atoms with van der Waals surface area (Å²) in [6, 6.07) is 10.6. The summed E-state index contributed by atoms with van der Waals surface area (Å²) in [4.78, 5) is 0.928. The van der Waals surface area contributed by atoms with Gasteiger partial charge >= 0.3 is 0 Å². The zero-order valence-electron chi connectivity index (χ0n) is 9.52. The Morgan fingerprint density at radius 1 is 1.35 bits per heavy atom. The molecule has 2 aromatic rings. The van der Waals surface area contributed by atoms with Gasteiger partial charge in [-0.05, 0) is 37.4 Å². The van der Waals surface area contributed by atoms with Crippen LogP contribution in [0.15, 0.2) is 52.0 Å². The summed E-state index contributed by atoms with van der Waals surface area (Å²) < 4.78 is 18.3. The lowest BCUT2D eigenvalue weighted by molar-refractivity contribution is 0.453. The van der Waals surface area contributed by atoms with Crippen molar-refractivity contribution < 1.29 is 8.81 Å². The Balaban J connectivity index is 1.97. The van der Waals surface area contributed by atoms with Crippen LogP contribution in [0, 0.1) is 5.82 Å². The van der Waals surface area contributed by atoms with Gasteiger partial charge < -0.3 is 9.73 Å². The Morgan fingerprint density at radius 2 is 2.24 bits per heavy atom. The number of halogens is 1. The Bertz CT molecular complexity index is 458. The predicted octanol–water partition coefficient (Wildman–Crippen LogP) is 3.47. The van der Waals surface area contributed by atoms with E-state index in [2.05, 4.69) is 5.32 Å². The summed E-state index contributed by atoms with van der Waals surface area (Å²) in [6.07, 6.45) is 1.66. The topological polar surface area (TPSA) is 25.2 Å². The molecule has 1 aromatic carbocycles. The Labute approximate surface area is 104 Å². The van der Waals surface area contributed by atoms with Crippen molar-refractivity contribution in [2.24, 2.45) is 0 Å². The van der Waals surface area contributed by atoms with Crippen LogP contribution >= 0.6 is 11.8 Å². The molecule has 0 aliphatic heterocycles. The van der Waals surface area contributed by atoms with E-state index in [9.17, 15) is 4.39 Å². The minimum atomic E-state index is -0.200. The van der Waals surface area contributed by atoms with Gasteiger partial charge in [-0.1, -0.05) is 6.07 Å². The lowest BCUT2D eigenvalue weighted by Crippen LogP contribution is -2.17. The number of thioether (sulfide) groups is 1. The number of furan rings is 1. The van der Waals surface area contributed by atoms with Gasteiger partial charge in [-0.25, -0.2) is 4.39 Å². The van der Waals surface area contributed by atoms with Crippen molar-refractivity contribution in [2.45, 2.75) is 10.9 Å². The number of nitrogens with one attached hydrogen (secondary N) is 1. The van der Waals surface area contributed by atoms with E-state index < -0.39 is 0 Å². The van der Waals surface area contributed by atoms with E-state index in [1.807, 2.05) is 25.2 Å². The van der Waals surface area contributed by atoms with E-state index in [1.165, 1.54) is 6.07 Å². The smallest absolute Gasteiger partial charge is 0.124 e. The van der Waals surface area contributed by atoms with Crippen LogP contribution in [-0.2, 0) is 0 Å². The molecular formula is C13H14FNOS. The van der Waals surface area contributed by atoms with Crippen LogP contribution in [-0.4, -0.2) is 12.8 Å². The second-order valence-corrected chi connectivity index (χ2v) is 4.72. The third kappa shape index (κ3) is 3.35. The minimum absolute atomic E-state index is 0.137. The molecule has 1 unspecified atom stereocenters. The molecular weight excluding hydrogens is 237 g/mol. The fraction of sp³-hybridized carbons (Fsp3) is 0.231. The fourth-order valence-corrected chi connectivity index (χ4v) is 2.59. The second-order valence-electron chi connectivity index (χ2n) is 3.63. The van der Waals surface area contributed by atoms with E-state index in [0.29, 0.717) is 0 Å². The van der Waals surface area contributed by atoms with E-state index in [-0.39, 0.29) is 11.9 Å². The van der Waals surface area contributed by atoms with Crippen molar-refractivity contribution in [3.8, 4) is 0 Å². The summed E-state index contributed by atoms with van der Waals surface area (Å²) in [5.41, 5.74) is 0. The fourth-order valence-electron chi connectivity index (χ4n) is 1.53. The highest BCUT2D eigenvalue weighted by Gasteiger charge is 2.12. The molecule has 1 atom stereocenters. The molecule has 0 saturated carbocycles. The van der Waals surface area contributed by atoms with Crippen molar-refractivity contribution in [3.05, 3.63) is 54.2 Å². The Kier molecular flexibility index (Phi) is 4.23. The number of rotatable bonds is 5. The summed E-state index contributed by atoms with van der Waals surface area (Å²) in [7, 11) is 1.89. The third-order valence-corrected chi connectivity index (χ3v) is 3.54. The van der Waals surface area contributed by atoms with Crippen molar-refractivity contribution in [2.75, 3.05) is 12.8 Å². The molecule has 0 fully saturated rings. The molecule has 0 aliphatic carbocycles. The molecule has 0 spiro atoms. The largest absolute Gasteiger partial charge is 0.468 e. The summed E-state index contributed by atoms with van der Waals surface area (Å²) >= 11 is 1.60. The second kappa shape index (κ2) is 5.89. The van der Waals surface area contributed by atoms with Crippen LogP contribution in [0.3, 0.4) is 0 Å². The number of hydrogen-bond acceptors (Lipinski definition) is 3. The van der Waals surface area contributed by atoms with Crippen LogP contribution in [0.5, 0.6) is 0 Å². The van der Waals surface area contributed by atoms with Crippen molar-refractivity contribution in [1.29, 1.82) is 0 Å². The minimum Gasteiger partial charge on any atom is -0.468 e. The first-order valence-electron chi connectivity index (χ1n) is 5.38. The Morgan fingerprint density at radius 3 is 2.88 bits per heavy atom. The van der Waals surface area contributed by atoms with Crippen molar-refractivity contribution >= 4 is 11.8 Å². The zero-order chi connectivity index (χ0) is 12.1.